The third kappa shape index (κ3) is 4.34. The Morgan fingerprint density at radius 1 is 1.19 bits per heavy atom. The number of hydrogen-bond donors (Lipinski definition) is 1. The number of thioether (sulfide) groups is 1. The van der Waals surface area contributed by atoms with Crippen molar-refractivity contribution in [2.75, 3.05) is 27.9 Å². The number of fused-ring (bicyclic) bond motifs is 1. The fraction of sp³-hybridized carbons (Fsp3) is 0.435. The summed E-state index contributed by atoms with van der Waals surface area (Å²) in [7, 11) is 4.50. The summed E-state index contributed by atoms with van der Waals surface area (Å²) >= 11 is 1.45. The van der Waals surface area contributed by atoms with Gasteiger partial charge in [-0.05, 0) is 48.8 Å². The van der Waals surface area contributed by atoms with E-state index in [0.717, 1.165) is 16.4 Å². The van der Waals surface area contributed by atoms with Crippen LogP contribution in [-0.4, -0.2) is 49.8 Å². The van der Waals surface area contributed by atoms with E-state index in [2.05, 4.69) is 10.3 Å². The first-order chi connectivity index (χ1) is 15.5. The molecule has 0 radical (unpaired) electrons. The summed E-state index contributed by atoms with van der Waals surface area (Å²) in [5.74, 6) is 1.25. The van der Waals surface area contributed by atoms with Crippen LogP contribution in [0.2, 0.25) is 0 Å². The van der Waals surface area contributed by atoms with Gasteiger partial charge in [-0.15, -0.1) is 0 Å². The van der Waals surface area contributed by atoms with E-state index >= 15 is 0 Å². The summed E-state index contributed by atoms with van der Waals surface area (Å²) < 4.78 is 16.0. The van der Waals surface area contributed by atoms with Crippen molar-refractivity contribution in [1.82, 2.24) is 10.2 Å². The third-order valence-corrected chi connectivity index (χ3v) is 6.64. The number of hydrogen-bond acceptors (Lipinski definition) is 8. The molecule has 0 aromatic heterocycles. The normalized spacial score (nSPS) is 19.8. The predicted octanol–water partition coefficient (Wildman–Crippen LogP) is 3.37. The number of methoxy groups -OCH3 is 3. The van der Waals surface area contributed by atoms with Gasteiger partial charge in [-0.3, -0.25) is 4.79 Å². The van der Waals surface area contributed by atoms with Crippen LogP contribution in [-0.2, 0) is 14.3 Å². The van der Waals surface area contributed by atoms with Gasteiger partial charge >= 0.3 is 5.97 Å². The van der Waals surface area contributed by atoms with E-state index in [9.17, 15) is 9.59 Å². The van der Waals surface area contributed by atoms with E-state index in [1.54, 1.807) is 27.2 Å². The Morgan fingerprint density at radius 2 is 1.94 bits per heavy atom. The van der Waals surface area contributed by atoms with Crippen LogP contribution >= 0.6 is 11.8 Å². The highest BCUT2D eigenvalue weighted by molar-refractivity contribution is 8.16. The van der Waals surface area contributed by atoms with Gasteiger partial charge in [-0.1, -0.05) is 17.8 Å². The lowest BCUT2D eigenvalue weighted by atomic mass is 9.93. The molecule has 1 amide bonds. The van der Waals surface area contributed by atoms with E-state index in [4.69, 9.17) is 14.2 Å². The minimum absolute atomic E-state index is 0.0399. The number of aliphatic imine (C=N–C) groups is 1. The van der Waals surface area contributed by atoms with Crippen molar-refractivity contribution in [3.8, 4) is 11.5 Å². The van der Waals surface area contributed by atoms with Gasteiger partial charge in [0.05, 0.1) is 45.1 Å². The molecule has 1 N–H and O–H groups in total. The van der Waals surface area contributed by atoms with Gasteiger partial charge in [0.25, 0.3) is 0 Å². The van der Waals surface area contributed by atoms with Crippen LogP contribution in [0.15, 0.2) is 45.6 Å². The molecule has 8 nitrogen and oxygen atoms in total. The average molecular weight is 458 g/mol. The summed E-state index contributed by atoms with van der Waals surface area (Å²) in [5, 5.41) is 5.66. The van der Waals surface area contributed by atoms with E-state index < -0.39 is 12.0 Å². The molecule has 0 spiro atoms. The van der Waals surface area contributed by atoms with Crippen LogP contribution < -0.4 is 14.8 Å². The number of benzene rings is 1. The second kappa shape index (κ2) is 9.28. The molecule has 1 aliphatic carbocycles. The van der Waals surface area contributed by atoms with Crippen molar-refractivity contribution >= 4 is 28.8 Å². The number of carbonyl (C=O) groups excluding carboxylic acids is 2. The number of carbonyl (C=O) groups is 2. The molecule has 3 aliphatic rings. The molecule has 1 atom stereocenters. The minimum Gasteiger partial charge on any atom is -0.493 e. The van der Waals surface area contributed by atoms with Crippen molar-refractivity contribution in [2.45, 2.75) is 32.2 Å². The van der Waals surface area contributed by atoms with E-state index in [-0.39, 0.29) is 12.3 Å². The number of amidine groups is 1. The Morgan fingerprint density at radius 3 is 2.59 bits per heavy atom. The summed E-state index contributed by atoms with van der Waals surface area (Å²) in [6, 6.07) is 5.03. The van der Waals surface area contributed by atoms with Crippen LogP contribution in [0.4, 0.5) is 0 Å². The Bertz CT molecular complexity index is 1030. The van der Waals surface area contributed by atoms with Crippen molar-refractivity contribution in [2.24, 2.45) is 10.9 Å². The van der Waals surface area contributed by atoms with Gasteiger partial charge in [0.1, 0.15) is 0 Å². The number of amides is 1. The summed E-state index contributed by atoms with van der Waals surface area (Å²) in [4.78, 5) is 32.0. The molecule has 0 saturated heterocycles. The van der Waals surface area contributed by atoms with Crippen molar-refractivity contribution in [3.05, 3.63) is 46.1 Å². The second-order valence-electron chi connectivity index (χ2n) is 7.92. The molecule has 1 saturated carbocycles. The highest BCUT2D eigenvalue weighted by Gasteiger charge is 2.41. The first-order valence-corrected chi connectivity index (χ1v) is 11.4. The van der Waals surface area contributed by atoms with Gasteiger partial charge in [0.15, 0.2) is 16.7 Å². The van der Waals surface area contributed by atoms with Crippen molar-refractivity contribution in [1.29, 1.82) is 0 Å². The Labute approximate surface area is 191 Å². The molecule has 32 heavy (non-hydrogen) atoms. The van der Waals surface area contributed by atoms with Gasteiger partial charge in [0, 0.05) is 12.2 Å². The molecular formula is C23H27N3O5S. The maximum atomic E-state index is 12.8. The molecule has 4 rings (SSSR count). The Balaban J connectivity index is 1.70. The van der Waals surface area contributed by atoms with Gasteiger partial charge in [-0.2, -0.15) is 0 Å². The molecule has 1 fully saturated rings. The third-order valence-electron chi connectivity index (χ3n) is 5.76. The molecule has 9 heteroatoms. The summed E-state index contributed by atoms with van der Waals surface area (Å²) in [6.45, 7) is 2.51. The largest absolute Gasteiger partial charge is 0.493 e. The highest BCUT2D eigenvalue weighted by atomic mass is 32.2. The summed E-state index contributed by atoms with van der Waals surface area (Å²) in [6.07, 6.45) is 2.56. The molecule has 2 heterocycles. The monoisotopic (exact) mass is 457 g/mol. The van der Waals surface area contributed by atoms with Gasteiger partial charge in [-0.25, -0.2) is 9.79 Å². The number of ether oxygens (including phenoxy) is 3. The minimum atomic E-state index is -0.507. The first kappa shape index (κ1) is 22.3. The molecule has 0 bridgehead atoms. The lowest BCUT2D eigenvalue weighted by molar-refractivity contribution is -0.136. The smallest absolute Gasteiger partial charge is 0.338 e. The lowest BCUT2D eigenvalue weighted by Crippen LogP contribution is -2.38. The Kier molecular flexibility index (Phi) is 6.45. The Hall–Kier alpha value is -2.94. The fourth-order valence-corrected chi connectivity index (χ4v) is 4.85. The van der Waals surface area contributed by atoms with Gasteiger partial charge < -0.3 is 24.4 Å². The molecule has 1 aromatic carbocycles. The number of allylic oxidation sites excluding steroid dienone is 1. The van der Waals surface area contributed by atoms with Crippen LogP contribution in [0.1, 0.15) is 37.8 Å². The molecule has 1 aromatic rings. The maximum absolute atomic E-state index is 12.8. The van der Waals surface area contributed by atoms with Crippen molar-refractivity contribution < 1.29 is 23.8 Å². The molecular weight excluding hydrogens is 430 g/mol. The first-order valence-electron chi connectivity index (χ1n) is 10.5. The zero-order valence-corrected chi connectivity index (χ0v) is 19.5. The van der Waals surface area contributed by atoms with E-state index in [0.29, 0.717) is 35.2 Å². The van der Waals surface area contributed by atoms with Crippen molar-refractivity contribution in [3.63, 3.8) is 0 Å². The van der Waals surface area contributed by atoms with Crippen LogP contribution in [0.3, 0.4) is 0 Å². The van der Waals surface area contributed by atoms with E-state index in [1.165, 1.54) is 31.7 Å². The standard InChI is InChI=1S/C23H27N3O5S/c1-13-20(22(28)31-4)21(15-7-8-17(29-2)18(9-15)30-3)26-16(12-32-23(26)25-13)10-19(27)24-11-14-5-6-14/h7-9,12,14,21H,5-6,10-11H2,1-4H3,(H,24,27). The molecule has 1 unspecified atom stereocenters. The number of nitrogens with zero attached hydrogens (tertiary/aromatic N) is 2. The zero-order chi connectivity index (χ0) is 22.8. The SMILES string of the molecule is COC(=O)C1=C(C)N=C2SC=C(CC(=O)NCC3CC3)N2C1c1ccc(OC)c(OC)c1. The fourth-order valence-electron chi connectivity index (χ4n) is 3.89. The second-order valence-corrected chi connectivity index (χ2v) is 8.76. The van der Waals surface area contributed by atoms with Crippen LogP contribution in [0.25, 0.3) is 0 Å². The quantitative estimate of drug-likeness (QED) is 0.599. The number of nitrogens with one attached hydrogen (secondary N) is 1. The lowest BCUT2D eigenvalue weighted by Gasteiger charge is -2.36. The van der Waals surface area contributed by atoms with E-state index in [1.807, 2.05) is 22.4 Å². The topological polar surface area (TPSA) is 89.5 Å². The predicted molar refractivity (Wildman–Crippen MR) is 122 cm³/mol. The zero-order valence-electron chi connectivity index (χ0n) is 18.6. The number of rotatable bonds is 8. The average Bonchev–Trinajstić information content (AvgIpc) is 3.56. The van der Waals surface area contributed by atoms with Crippen LogP contribution in [0.5, 0.6) is 11.5 Å². The van der Waals surface area contributed by atoms with Crippen LogP contribution in [0, 0.1) is 5.92 Å². The summed E-state index contributed by atoms with van der Waals surface area (Å²) in [5.41, 5.74) is 2.61. The molecule has 2 aliphatic heterocycles. The molecule has 170 valence electrons. The maximum Gasteiger partial charge on any atom is 0.338 e. The highest BCUT2D eigenvalue weighted by Crippen LogP contribution is 2.46. The number of esters is 1. The van der Waals surface area contributed by atoms with Gasteiger partial charge in [0.2, 0.25) is 5.91 Å².